The summed E-state index contributed by atoms with van der Waals surface area (Å²) in [6, 6.07) is 14.1. The van der Waals surface area contributed by atoms with Crippen LogP contribution >= 0.6 is 0 Å². The first-order valence-corrected chi connectivity index (χ1v) is 11.2. The van der Waals surface area contributed by atoms with Crippen molar-refractivity contribution in [3.05, 3.63) is 76.5 Å². The number of ether oxygens (including phenoxy) is 6. The summed E-state index contributed by atoms with van der Waals surface area (Å²) in [5, 5.41) is 0. The Morgan fingerprint density at radius 3 is 2.22 bits per heavy atom. The predicted octanol–water partition coefficient (Wildman–Crippen LogP) is 4.78. The molecule has 5 rings (SSSR count). The molecule has 0 aromatic heterocycles. The molecule has 2 aliphatic heterocycles. The van der Waals surface area contributed by atoms with Crippen LogP contribution in [0.4, 0.5) is 0 Å². The number of rotatable bonds is 6. The van der Waals surface area contributed by atoms with Crippen molar-refractivity contribution in [3.8, 4) is 34.5 Å². The molecule has 3 aromatic rings. The zero-order chi connectivity index (χ0) is 25.4. The molecule has 0 aliphatic carbocycles. The molecule has 0 amide bonds. The van der Waals surface area contributed by atoms with E-state index in [0.717, 1.165) is 5.56 Å². The minimum atomic E-state index is -0.407. The fraction of sp³-hybridized carbons (Fsp3) is 0.214. The van der Waals surface area contributed by atoms with Gasteiger partial charge in [0.1, 0.15) is 23.0 Å². The highest BCUT2D eigenvalue weighted by Gasteiger charge is 2.39. The molecule has 0 saturated heterocycles. The van der Waals surface area contributed by atoms with Gasteiger partial charge in [-0.15, -0.1) is 0 Å². The lowest BCUT2D eigenvalue weighted by Crippen LogP contribution is -2.22. The molecule has 2 heterocycles. The molecule has 0 N–H and O–H groups in total. The summed E-state index contributed by atoms with van der Waals surface area (Å²) in [7, 11) is 6.16. The summed E-state index contributed by atoms with van der Waals surface area (Å²) in [5.41, 5.74) is 2.40. The second-order valence-corrected chi connectivity index (χ2v) is 8.22. The van der Waals surface area contributed by atoms with E-state index in [1.54, 1.807) is 37.5 Å². The molecular weight excluding hydrogens is 464 g/mol. The van der Waals surface area contributed by atoms with Gasteiger partial charge >= 0.3 is 5.97 Å². The molecule has 8 heteroatoms. The lowest BCUT2D eigenvalue weighted by molar-refractivity contribution is -0.135. The topological polar surface area (TPSA) is 89.5 Å². The number of Topliss-reactive ketones (excluding diaryl/α,β-unsaturated/α-hetero) is 1. The SMILES string of the molecule is COc1cc(OC)c(OC)cc1/C=C1\Oc2c(ccc3c2[C@@H](c2ccccc2OC)CC(=O)O3)C1=O. The molecule has 8 nitrogen and oxygen atoms in total. The van der Waals surface area contributed by atoms with Crippen molar-refractivity contribution < 1.29 is 38.0 Å². The Hall–Kier alpha value is -4.46. The fourth-order valence-electron chi connectivity index (χ4n) is 4.63. The van der Waals surface area contributed by atoms with Gasteiger partial charge in [0.2, 0.25) is 5.78 Å². The highest BCUT2D eigenvalue weighted by atomic mass is 16.5. The molecule has 0 spiro atoms. The van der Waals surface area contributed by atoms with Crippen LogP contribution < -0.4 is 28.4 Å². The number of carbonyl (C=O) groups excluding carboxylic acids is 2. The number of para-hydroxylation sites is 1. The third-order valence-electron chi connectivity index (χ3n) is 6.32. The van der Waals surface area contributed by atoms with Crippen molar-refractivity contribution in [1.82, 2.24) is 0 Å². The summed E-state index contributed by atoms with van der Waals surface area (Å²) in [6.45, 7) is 0. The van der Waals surface area contributed by atoms with Crippen LogP contribution in [0.2, 0.25) is 0 Å². The van der Waals surface area contributed by atoms with Crippen LogP contribution in [0.3, 0.4) is 0 Å². The number of allylic oxidation sites excluding steroid dienone is 1. The molecule has 0 bridgehead atoms. The second kappa shape index (κ2) is 9.30. The van der Waals surface area contributed by atoms with Crippen LogP contribution in [0, 0.1) is 0 Å². The van der Waals surface area contributed by atoms with Crippen LogP contribution in [0.5, 0.6) is 34.5 Å². The minimum absolute atomic E-state index is 0.0872. The average Bonchev–Trinajstić information content (AvgIpc) is 3.22. The molecule has 0 radical (unpaired) electrons. The van der Waals surface area contributed by atoms with E-state index in [1.165, 1.54) is 21.3 Å². The third-order valence-corrected chi connectivity index (χ3v) is 6.32. The molecular formula is C28H24O8. The third kappa shape index (κ3) is 3.80. The van der Waals surface area contributed by atoms with Gasteiger partial charge in [0.15, 0.2) is 17.3 Å². The second-order valence-electron chi connectivity index (χ2n) is 8.22. The number of hydrogen-bond donors (Lipinski definition) is 0. The maximum Gasteiger partial charge on any atom is 0.312 e. The van der Waals surface area contributed by atoms with E-state index in [4.69, 9.17) is 28.4 Å². The number of esters is 1. The normalized spacial score (nSPS) is 17.1. The van der Waals surface area contributed by atoms with E-state index >= 15 is 0 Å². The van der Waals surface area contributed by atoms with Crippen molar-refractivity contribution in [2.45, 2.75) is 12.3 Å². The number of carbonyl (C=O) groups is 2. The zero-order valence-electron chi connectivity index (χ0n) is 20.2. The van der Waals surface area contributed by atoms with Gasteiger partial charge in [0.25, 0.3) is 0 Å². The van der Waals surface area contributed by atoms with Crippen molar-refractivity contribution in [3.63, 3.8) is 0 Å². The number of benzene rings is 3. The van der Waals surface area contributed by atoms with Crippen LogP contribution in [-0.2, 0) is 4.79 Å². The maximum absolute atomic E-state index is 13.4. The lowest BCUT2D eigenvalue weighted by atomic mass is 9.84. The lowest BCUT2D eigenvalue weighted by Gasteiger charge is -2.27. The maximum atomic E-state index is 13.4. The fourth-order valence-corrected chi connectivity index (χ4v) is 4.63. The molecule has 36 heavy (non-hydrogen) atoms. The largest absolute Gasteiger partial charge is 0.496 e. The summed E-state index contributed by atoms with van der Waals surface area (Å²) < 4.78 is 33.5. The Bertz CT molecular complexity index is 1400. The summed E-state index contributed by atoms with van der Waals surface area (Å²) >= 11 is 0. The Morgan fingerprint density at radius 1 is 0.806 bits per heavy atom. The van der Waals surface area contributed by atoms with E-state index in [0.29, 0.717) is 51.2 Å². The number of ketones is 1. The summed E-state index contributed by atoms with van der Waals surface area (Å²) in [4.78, 5) is 25.8. The van der Waals surface area contributed by atoms with Gasteiger partial charge in [0.05, 0.1) is 40.4 Å². The highest BCUT2D eigenvalue weighted by Crippen LogP contribution is 2.50. The molecule has 0 unspecified atom stereocenters. The quantitative estimate of drug-likeness (QED) is 0.278. The van der Waals surface area contributed by atoms with Crippen LogP contribution in [0.25, 0.3) is 6.08 Å². The van der Waals surface area contributed by atoms with Gasteiger partial charge in [-0.3, -0.25) is 9.59 Å². The van der Waals surface area contributed by atoms with Crippen molar-refractivity contribution in [1.29, 1.82) is 0 Å². The number of fused-ring (bicyclic) bond motifs is 3. The molecule has 1 atom stereocenters. The van der Waals surface area contributed by atoms with Crippen molar-refractivity contribution >= 4 is 17.8 Å². The number of hydrogen-bond acceptors (Lipinski definition) is 8. The first kappa shape index (κ1) is 23.3. The predicted molar refractivity (Wildman–Crippen MR) is 131 cm³/mol. The van der Waals surface area contributed by atoms with E-state index in [2.05, 4.69) is 0 Å². The van der Waals surface area contributed by atoms with Gasteiger partial charge < -0.3 is 28.4 Å². The van der Waals surface area contributed by atoms with Crippen LogP contribution in [-0.4, -0.2) is 40.2 Å². The Kier molecular flexibility index (Phi) is 6.01. The molecule has 2 aliphatic rings. The van der Waals surface area contributed by atoms with E-state index < -0.39 is 5.92 Å². The Balaban J connectivity index is 1.62. The molecule has 0 saturated carbocycles. The van der Waals surface area contributed by atoms with Gasteiger partial charge in [0, 0.05) is 28.7 Å². The smallest absolute Gasteiger partial charge is 0.312 e. The van der Waals surface area contributed by atoms with E-state index in [-0.39, 0.29) is 23.9 Å². The van der Waals surface area contributed by atoms with Gasteiger partial charge in [-0.05, 0) is 30.3 Å². The zero-order valence-corrected chi connectivity index (χ0v) is 20.2. The van der Waals surface area contributed by atoms with Gasteiger partial charge in [-0.1, -0.05) is 18.2 Å². The van der Waals surface area contributed by atoms with E-state index in [1.807, 2.05) is 24.3 Å². The van der Waals surface area contributed by atoms with Gasteiger partial charge in [-0.25, -0.2) is 0 Å². The van der Waals surface area contributed by atoms with Crippen molar-refractivity contribution in [2.24, 2.45) is 0 Å². The minimum Gasteiger partial charge on any atom is -0.496 e. The van der Waals surface area contributed by atoms with Crippen molar-refractivity contribution in [2.75, 3.05) is 28.4 Å². The standard InChI is InChI=1S/C28H24O8/c1-31-19-8-6-5-7-16(19)18-13-25(29)35-20-10-9-17-27(30)24(36-28(17)26(18)20)12-15-11-22(33-3)23(34-4)14-21(15)32-2/h5-12,14,18H,13H2,1-4H3/b24-12-/t18-/m1/s1. The summed E-state index contributed by atoms with van der Waals surface area (Å²) in [6.07, 6.45) is 1.69. The number of methoxy groups -OCH3 is 4. The molecule has 0 fully saturated rings. The Labute approximate surface area is 207 Å². The monoisotopic (exact) mass is 488 g/mol. The Morgan fingerprint density at radius 2 is 1.50 bits per heavy atom. The first-order valence-electron chi connectivity index (χ1n) is 11.2. The highest BCUT2D eigenvalue weighted by molar-refractivity contribution is 6.15. The summed E-state index contributed by atoms with van der Waals surface area (Å²) in [5.74, 6) is 1.86. The average molecular weight is 488 g/mol. The first-order chi connectivity index (χ1) is 17.5. The van der Waals surface area contributed by atoms with Crippen LogP contribution in [0.15, 0.2) is 54.3 Å². The van der Waals surface area contributed by atoms with E-state index in [9.17, 15) is 9.59 Å². The van der Waals surface area contributed by atoms with Crippen LogP contribution in [0.1, 0.15) is 39.4 Å². The molecule has 184 valence electrons. The van der Waals surface area contributed by atoms with Gasteiger partial charge in [-0.2, -0.15) is 0 Å². The molecule has 3 aromatic carbocycles.